The summed E-state index contributed by atoms with van der Waals surface area (Å²) in [5.74, 6) is 3.89. The number of aromatic nitrogens is 5. The summed E-state index contributed by atoms with van der Waals surface area (Å²) in [4.78, 5) is 20.7. The van der Waals surface area contributed by atoms with E-state index in [4.69, 9.17) is 28.9 Å². The highest BCUT2D eigenvalue weighted by Gasteiger charge is 2.55. The fraction of sp³-hybridized carbons (Fsp3) is 0.558. The van der Waals surface area contributed by atoms with Crippen LogP contribution in [0.2, 0.25) is 0 Å². The number of nitrogens with one attached hydrogen (secondary N) is 2. The van der Waals surface area contributed by atoms with Gasteiger partial charge in [0.05, 0.1) is 42.8 Å². The molecular formula is C43H57N7O4. The maximum Gasteiger partial charge on any atom is 0.163 e. The SMILES string of the molecule is CCN(CC1CC(n2ccc3c(NCc4ccc(OC)cc4OC)ncnc32)C2OC(C)(C)OC12)C1CC(CCc2nc3ccc(C(C)(C)C)cc3[nH]2)C1. The minimum atomic E-state index is -0.627. The molecular weight excluding hydrogens is 679 g/mol. The molecule has 3 aliphatic rings. The minimum absolute atomic E-state index is 0.0289. The zero-order valence-electron chi connectivity index (χ0n) is 33.2. The van der Waals surface area contributed by atoms with E-state index in [0.29, 0.717) is 18.5 Å². The average molecular weight is 736 g/mol. The molecule has 288 valence electrons. The summed E-state index contributed by atoms with van der Waals surface area (Å²) in [6.45, 7) is 15.8. The summed E-state index contributed by atoms with van der Waals surface area (Å²) in [6, 6.07) is 15.3. The second-order valence-electron chi connectivity index (χ2n) is 17.1. The first-order valence-corrected chi connectivity index (χ1v) is 19.8. The highest BCUT2D eigenvalue weighted by atomic mass is 16.8. The lowest BCUT2D eigenvalue weighted by Gasteiger charge is -2.44. The number of benzene rings is 2. The van der Waals surface area contributed by atoms with Crippen LogP contribution in [0, 0.1) is 11.8 Å². The van der Waals surface area contributed by atoms with Crippen molar-refractivity contribution in [2.75, 3.05) is 32.6 Å². The predicted octanol–water partition coefficient (Wildman–Crippen LogP) is 8.05. The number of hydrogen-bond donors (Lipinski definition) is 2. The Labute approximate surface area is 319 Å². The fourth-order valence-corrected chi connectivity index (χ4v) is 9.12. The molecule has 0 spiro atoms. The van der Waals surface area contributed by atoms with Crippen LogP contribution in [0.4, 0.5) is 5.82 Å². The van der Waals surface area contributed by atoms with E-state index < -0.39 is 5.79 Å². The lowest BCUT2D eigenvalue weighted by Crippen LogP contribution is -2.48. The van der Waals surface area contributed by atoms with E-state index >= 15 is 0 Å². The molecule has 11 nitrogen and oxygen atoms in total. The molecule has 3 fully saturated rings. The van der Waals surface area contributed by atoms with Gasteiger partial charge >= 0.3 is 0 Å². The van der Waals surface area contributed by atoms with Gasteiger partial charge in [-0.1, -0.05) is 33.8 Å². The molecule has 2 saturated carbocycles. The van der Waals surface area contributed by atoms with Crippen molar-refractivity contribution in [1.29, 1.82) is 0 Å². The molecule has 0 radical (unpaired) electrons. The van der Waals surface area contributed by atoms with Crippen molar-refractivity contribution >= 4 is 27.9 Å². The van der Waals surface area contributed by atoms with Crippen molar-refractivity contribution in [1.82, 2.24) is 29.4 Å². The van der Waals surface area contributed by atoms with Crippen molar-refractivity contribution in [2.24, 2.45) is 11.8 Å². The van der Waals surface area contributed by atoms with Gasteiger partial charge in [0.1, 0.15) is 41.2 Å². The summed E-state index contributed by atoms with van der Waals surface area (Å²) in [7, 11) is 3.33. The second-order valence-corrected chi connectivity index (χ2v) is 17.1. The second kappa shape index (κ2) is 14.5. The summed E-state index contributed by atoms with van der Waals surface area (Å²) in [6.07, 6.45) is 9.41. The highest BCUT2D eigenvalue weighted by Crippen LogP contribution is 2.49. The molecule has 3 aromatic heterocycles. The first kappa shape index (κ1) is 36.8. The van der Waals surface area contributed by atoms with Crippen LogP contribution < -0.4 is 14.8 Å². The maximum atomic E-state index is 6.67. The van der Waals surface area contributed by atoms with Crippen molar-refractivity contribution in [3.63, 3.8) is 0 Å². The van der Waals surface area contributed by atoms with Crippen LogP contribution in [-0.2, 0) is 27.9 Å². The molecule has 1 aliphatic heterocycles. The number of ether oxygens (including phenoxy) is 4. The summed E-state index contributed by atoms with van der Waals surface area (Å²) < 4.78 is 26.6. The van der Waals surface area contributed by atoms with Crippen molar-refractivity contribution in [3.8, 4) is 11.5 Å². The third-order valence-corrected chi connectivity index (χ3v) is 12.1. The van der Waals surface area contributed by atoms with Crippen LogP contribution in [0.25, 0.3) is 22.1 Å². The Hall–Kier alpha value is -4.19. The zero-order valence-corrected chi connectivity index (χ0v) is 33.2. The highest BCUT2D eigenvalue weighted by molar-refractivity contribution is 5.87. The predicted molar refractivity (Wildman–Crippen MR) is 212 cm³/mol. The minimum Gasteiger partial charge on any atom is -0.497 e. The Kier molecular flexibility index (Phi) is 9.85. The van der Waals surface area contributed by atoms with Crippen LogP contribution in [0.15, 0.2) is 55.0 Å². The Balaban J connectivity index is 0.917. The zero-order chi connectivity index (χ0) is 37.8. The summed E-state index contributed by atoms with van der Waals surface area (Å²) in [5, 5.41) is 4.51. The van der Waals surface area contributed by atoms with Crippen molar-refractivity contribution < 1.29 is 18.9 Å². The molecule has 2 aromatic carbocycles. The van der Waals surface area contributed by atoms with Crippen LogP contribution in [-0.4, -0.2) is 80.7 Å². The van der Waals surface area contributed by atoms with E-state index in [1.807, 2.05) is 32.0 Å². The smallest absolute Gasteiger partial charge is 0.163 e. The molecule has 0 amide bonds. The number of aromatic amines is 1. The van der Waals surface area contributed by atoms with Gasteiger partial charge in [-0.15, -0.1) is 0 Å². The Morgan fingerprint density at radius 1 is 1.00 bits per heavy atom. The maximum absolute atomic E-state index is 6.67. The first-order valence-electron chi connectivity index (χ1n) is 19.8. The molecule has 2 aliphatic carbocycles. The van der Waals surface area contributed by atoms with Gasteiger partial charge in [0, 0.05) is 49.3 Å². The molecule has 5 aromatic rings. The Morgan fingerprint density at radius 3 is 2.57 bits per heavy atom. The van der Waals surface area contributed by atoms with Gasteiger partial charge in [0.15, 0.2) is 5.79 Å². The third-order valence-electron chi connectivity index (χ3n) is 12.1. The van der Waals surface area contributed by atoms with Gasteiger partial charge in [-0.2, -0.15) is 0 Å². The molecule has 11 heteroatoms. The monoisotopic (exact) mass is 735 g/mol. The van der Waals surface area contributed by atoms with E-state index in [2.05, 4.69) is 82.9 Å². The molecule has 54 heavy (non-hydrogen) atoms. The van der Waals surface area contributed by atoms with E-state index in [-0.39, 0.29) is 23.7 Å². The summed E-state index contributed by atoms with van der Waals surface area (Å²) >= 11 is 0. The van der Waals surface area contributed by atoms with E-state index in [9.17, 15) is 0 Å². The third kappa shape index (κ3) is 7.18. The number of aryl methyl sites for hydroxylation is 1. The molecule has 1 saturated heterocycles. The molecule has 0 bridgehead atoms. The Morgan fingerprint density at radius 2 is 1.81 bits per heavy atom. The number of hydrogen-bond acceptors (Lipinski definition) is 9. The quantitative estimate of drug-likeness (QED) is 0.124. The van der Waals surface area contributed by atoms with Crippen LogP contribution in [0.5, 0.6) is 11.5 Å². The van der Waals surface area contributed by atoms with Gasteiger partial charge in [0.25, 0.3) is 0 Å². The number of rotatable bonds is 13. The topological polar surface area (TPSA) is 112 Å². The molecule has 4 unspecified atom stereocenters. The van der Waals surface area contributed by atoms with E-state index in [0.717, 1.165) is 82.6 Å². The number of nitrogens with zero attached hydrogens (tertiary/aromatic N) is 5. The van der Waals surface area contributed by atoms with Crippen LogP contribution in [0.1, 0.15) is 90.2 Å². The number of methoxy groups -OCH3 is 2. The number of fused-ring (bicyclic) bond motifs is 3. The lowest BCUT2D eigenvalue weighted by atomic mass is 9.76. The number of H-pyrrole nitrogens is 1. The van der Waals surface area contributed by atoms with E-state index in [1.54, 1.807) is 20.5 Å². The van der Waals surface area contributed by atoms with Crippen molar-refractivity contribution in [2.45, 2.75) is 116 Å². The van der Waals surface area contributed by atoms with Crippen LogP contribution in [0.3, 0.4) is 0 Å². The number of anilines is 1. The van der Waals surface area contributed by atoms with Gasteiger partial charge in [-0.05, 0) is 93.3 Å². The Bertz CT molecular complexity index is 2090. The van der Waals surface area contributed by atoms with Gasteiger partial charge in [0.2, 0.25) is 0 Å². The lowest BCUT2D eigenvalue weighted by molar-refractivity contribution is -0.161. The number of imidazole rings is 1. The molecule has 4 atom stereocenters. The van der Waals surface area contributed by atoms with Crippen molar-refractivity contribution in [3.05, 3.63) is 71.9 Å². The van der Waals surface area contributed by atoms with Crippen LogP contribution >= 0.6 is 0 Å². The van der Waals surface area contributed by atoms with Gasteiger partial charge in [-0.25, -0.2) is 15.0 Å². The normalized spacial score (nSPS) is 25.0. The standard InChI is InChI=1S/C43H57N7O4/c1-9-49(30-18-26(19-30)10-15-37-47-33-14-12-29(42(2,3)4)21-34(33)48-37)24-28-20-35(39-38(28)53-43(5,6)54-39)50-17-16-32-40(45-25-46-41(32)50)44-23-27-11-13-31(51-7)22-36(27)52-8/h11-14,16-17,21-22,25-26,28,30,35,38-39H,9-10,15,18-20,23-24H2,1-8H3,(H,47,48)(H,44,45,46). The largest absolute Gasteiger partial charge is 0.497 e. The first-order chi connectivity index (χ1) is 25.9. The fourth-order valence-electron chi connectivity index (χ4n) is 9.12. The van der Waals surface area contributed by atoms with Gasteiger partial charge < -0.3 is 38.7 Å². The molecule has 2 N–H and O–H groups in total. The summed E-state index contributed by atoms with van der Waals surface area (Å²) in [5.41, 5.74) is 5.61. The molecule has 4 heterocycles. The van der Waals surface area contributed by atoms with Gasteiger partial charge in [-0.3, -0.25) is 0 Å². The molecule has 8 rings (SSSR count). The van der Waals surface area contributed by atoms with E-state index in [1.165, 1.54) is 24.8 Å². The average Bonchev–Trinajstić information content (AvgIpc) is 3.90.